The Morgan fingerprint density at radius 3 is 2.55 bits per heavy atom. The number of benzene rings is 2. The fraction of sp³-hybridized carbons (Fsp3) is 0.353. The van der Waals surface area contributed by atoms with E-state index in [-0.39, 0.29) is 12.5 Å². The molecule has 1 saturated carbocycles. The summed E-state index contributed by atoms with van der Waals surface area (Å²) < 4.78 is 0. The summed E-state index contributed by atoms with van der Waals surface area (Å²) >= 11 is 0. The maximum absolute atomic E-state index is 12.1. The second-order valence-corrected chi connectivity index (χ2v) is 5.66. The third-order valence-corrected chi connectivity index (χ3v) is 4.36. The Hall–Kier alpha value is -1.87. The van der Waals surface area contributed by atoms with E-state index in [0.29, 0.717) is 6.54 Å². The largest absolute Gasteiger partial charge is 0.395 e. The van der Waals surface area contributed by atoms with Gasteiger partial charge in [-0.15, -0.1) is 0 Å². The van der Waals surface area contributed by atoms with Crippen LogP contribution in [0.5, 0.6) is 0 Å². The van der Waals surface area contributed by atoms with Crippen LogP contribution in [0.25, 0.3) is 10.8 Å². The van der Waals surface area contributed by atoms with Crippen LogP contribution in [-0.2, 0) is 11.3 Å². The third-order valence-electron chi connectivity index (χ3n) is 4.36. The van der Waals surface area contributed by atoms with E-state index in [2.05, 4.69) is 29.6 Å². The summed E-state index contributed by atoms with van der Waals surface area (Å²) in [5.74, 6) is -0.0144. The molecule has 3 heteroatoms. The highest BCUT2D eigenvalue weighted by Crippen LogP contribution is 2.40. The lowest BCUT2D eigenvalue weighted by Crippen LogP contribution is -2.47. The molecule has 3 rings (SSSR count). The van der Waals surface area contributed by atoms with Crippen molar-refractivity contribution < 1.29 is 9.90 Å². The smallest absolute Gasteiger partial charge is 0.228 e. The first-order valence-corrected chi connectivity index (χ1v) is 7.10. The molecule has 20 heavy (non-hydrogen) atoms. The number of aliphatic hydroxyl groups excluding tert-OH is 1. The van der Waals surface area contributed by atoms with E-state index in [1.807, 2.05) is 18.2 Å². The molecule has 1 amide bonds. The molecular weight excluding hydrogens is 250 g/mol. The number of rotatable bonds is 4. The van der Waals surface area contributed by atoms with Gasteiger partial charge in [0, 0.05) is 6.54 Å². The molecule has 1 aliphatic rings. The summed E-state index contributed by atoms with van der Waals surface area (Å²) in [6.45, 7) is 0.474. The molecule has 0 radical (unpaired) electrons. The lowest BCUT2D eigenvalue weighted by Gasteiger charge is -2.38. The topological polar surface area (TPSA) is 49.3 Å². The molecule has 2 aromatic rings. The monoisotopic (exact) mass is 269 g/mol. The summed E-state index contributed by atoms with van der Waals surface area (Å²) in [5.41, 5.74) is 0.570. The molecule has 0 unspecified atom stereocenters. The minimum atomic E-state index is -0.517. The SMILES string of the molecule is O=C(NCc1ccc2ccccc2c1)C1(CO)CCC1. The van der Waals surface area contributed by atoms with Gasteiger partial charge in [0.05, 0.1) is 12.0 Å². The lowest BCUT2D eigenvalue weighted by molar-refractivity contribution is -0.139. The standard InChI is InChI=1S/C17H19NO2/c19-12-17(8-3-9-17)16(20)18-11-13-6-7-14-4-1-2-5-15(14)10-13/h1-2,4-7,10,19H,3,8-9,11-12H2,(H,18,20). The molecule has 0 aliphatic heterocycles. The van der Waals surface area contributed by atoms with Gasteiger partial charge in [-0.25, -0.2) is 0 Å². The van der Waals surface area contributed by atoms with Crippen molar-refractivity contribution in [3.63, 3.8) is 0 Å². The Balaban J connectivity index is 1.69. The zero-order valence-electron chi connectivity index (χ0n) is 11.4. The Morgan fingerprint density at radius 2 is 1.90 bits per heavy atom. The van der Waals surface area contributed by atoms with Crippen LogP contribution in [-0.4, -0.2) is 17.6 Å². The van der Waals surface area contributed by atoms with Gasteiger partial charge in [0.25, 0.3) is 0 Å². The van der Waals surface area contributed by atoms with Gasteiger partial charge in [0.2, 0.25) is 5.91 Å². The van der Waals surface area contributed by atoms with Crippen molar-refractivity contribution in [3.8, 4) is 0 Å². The zero-order chi connectivity index (χ0) is 14.0. The Morgan fingerprint density at radius 1 is 1.15 bits per heavy atom. The number of aliphatic hydroxyl groups is 1. The van der Waals surface area contributed by atoms with Gasteiger partial charge in [-0.3, -0.25) is 4.79 Å². The van der Waals surface area contributed by atoms with E-state index < -0.39 is 5.41 Å². The van der Waals surface area contributed by atoms with E-state index >= 15 is 0 Å². The minimum absolute atomic E-state index is 0.0144. The van der Waals surface area contributed by atoms with Crippen LogP contribution in [0, 0.1) is 5.41 Å². The van der Waals surface area contributed by atoms with Crippen molar-refractivity contribution in [1.29, 1.82) is 0 Å². The van der Waals surface area contributed by atoms with Crippen LogP contribution in [0.15, 0.2) is 42.5 Å². The highest BCUT2D eigenvalue weighted by molar-refractivity contribution is 5.85. The summed E-state index contributed by atoms with van der Waals surface area (Å²) in [4.78, 5) is 12.1. The number of carbonyl (C=O) groups is 1. The van der Waals surface area contributed by atoms with Crippen molar-refractivity contribution in [2.75, 3.05) is 6.61 Å². The van der Waals surface area contributed by atoms with Crippen LogP contribution < -0.4 is 5.32 Å². The minimum Gasteiger partial charge on any atom is -0.395 e. The molecule has 0 atom stereocenters. The number of fused-ring (bicyclic) bond motifs is 1. The Labute approximate surface area is 118 Å². The van der Waals surface area contributed by atoms with Crippen molar-refractivity contribution in [2.24, 2.45) is 5.41 Å². The zero-order valence-corrected chi connectivity index (χ0v) is 11.4. The van der Waals surface area contributed by atoms with Gasteiger partial charge < -0.3 is 10.4 Å². The van der Waals surface area contributed by atoms with Crippen LogP contribution in [0.3, 0.4) is 0 Å². The molecule has 1 fully saturated rings. The molecule has 1 aliphatic carbocycles. The third kappa shape index (κ3) is 2.29. The van der Waals surface area contributed by atoms with E-state index in [4.69, 9.17) is 0 Å². The molecule has 0 heterocycles. The maximum atomic E-state index is 12.1. The van der Waals surface area contributed by atoms with Gasteiger partial charge >= 0.3 is 0 Å². The predicted molar refractivity (Wildman–Crippen MR) is 79.2 cm³/mol. The summed E-state index contributed by atoms with van der Waals surface area (Å²) in [6.07, 6.45) is 2.63. The molecule has 2 N–H and O–H groups in total. The summed E-state index contributed by atoms with van der Waals surface area (Å²) in [7, 11) is 0. The highest BCUT2D eigenvalue weighted by atomic mass is 16.3. The first-order chi connectivity index (χ1) is 9.73. The first-order valence-electron chi connectivity index (χ1n) is 7.10. The Bertz CT molecular complexity index is 626. The average molecular weight is 269 g/mol. The van der Waals surface area contributed by atoms with Crippen LogP contribution in [0.4, 0.5) is 0 Å². The molecule has 0 bridgehead atoms. The summed E-state index contributed by atoms with van der Waals surface area (Å²) in [6, 6.07) is 14.4. The van der Waals surface area contributed by atoms with Gasteiger partial charge in [0.15, 0.2) is 0 Å². The number of hydrogen-bond donors (Lipinski definition) is 2. The van der Waals surface area contributed by atoms with E-state index in [1.54, 1.807) is 0 Å². The van der Waals surface area contributed by atoms with Crippen LogP contribution in [0.1, 0.15) is 24.8 Å². The summed E-state index contributed by atoms with van der Waals surface area (Å²) in [5, 5.41) is 14.7. The van der Waals surface area contributed by atoms with Crippen molar-refractivity contribution in [1.82, 2.24) is 5.32 Å². The molecule has 3 nitrogen and oxygen atoms in total. The fourth-order valence-corrected chi connectivity index (χ4v) is 2.78. The lowest BCUT2D eigenvalue weighted by atomic mass is 9.68. The predicted octanol–water partition coefficient (Wildman–Crippen LogP) is 2.62. The number of hydrogen-bond acceptors (Lipinski definition) is 2. The quantitative estimate of drug-likeness (QED) is 0.896. The second kappa shape index (κ2) is 5.25. The number of carbonyl (C=O) groups excluding carboxylic acids is 1. The van der Waals surface area contributed by atoms with Gasteiger partial charge in [-0.05, 0) is 35.2 Å². The number of amides is 1. The van der Waals surface area contributed by atoms with Crippen molar-refractivity contribution >= 4 is 16.7 Å². The van der Waals surface area contributed by atoms with E-state index in [0.717, 1.165) is 24.8 Å². The average Bonchev–Trinajstić information content (AvgIpc) is 2.44. The first kappa shape index (κ1) is 13.1. The van der Waals surface area contributed by atoms with Gasteiger partial charge in [0.1, 0.15) is 0 Å². The molecule has 0 spiro atoms. The Kier molecular flexibility index (Phi) is 3.45. The molecule has 0 saturated heterocycles. The van der Waals surface area contributed by atoms with Crippen molar-refractivity contribution in [3.05, 3.63) is 48.0 Å². The molecule has 2 aromatic carbocycles. The van der Waals surface area contributed by atoms with Crippen LogP contribution >= 0.6 is 0 Å². The van der Waals surface area contributed by atoms with Gasteiger partial charge in [-0.2, -0.15) is 0 Å². The van der Waals surface area contributed by atoms with E-state index in [1.165, 1.54) is 10.8 Å². The highest BCUT2D eigenvalue weighted by Gasteiger charge is 2.43. The normalized spacial score (nSPS) is 16.6. The maximum Gasteiger partial charge on any atom is 0.228 e. The van der Waals surface area contributed by atoms with E-state index in [9.17, 15) is 9.90 Å². The molecular formula is C17H19NO2. The molecule has 104 valence electrons. The second-order valence-electron chi connectivity index (χ2n) is 5.66. The van der Waals surface area contributed by atoms with Crippen molar-refractivity contribution in [2.45, 2.75) is 25.8 Å². The molecule has 0 aromatic heterocycles. The number of nitrogens with one attached hydrogen (secondary N) is 1. The van der Waals surface area contributed by atoms with Crippen LogP contribution in [0.2, 0.25) is 0 Å². The van der Waals surface area contributed by atoms with Gasteiger partial charge in [-0.1, -0.05) is 42.8 Å². The fourth-order valence-electron chi connectivity index (χ4n) is 2.78.